The molecule has 3 N–H and O–H groups in total. The lowest BCUT2D eigenvalue weighted by atomic mass is 10.2. The van der Waals surface area contributed by atoms with Crippen molar-refractivity contribution < 1.29 is 4.79 Å². The molecule has 0 rings (SSSR count). The predicted molar refractivity (Wildman–Crippen MR) is 50.7 cm³/mol. The van der Waals surface area contributed by atoms with E-state index in [4.69, 9.17) is 5.73 Å². The van der Waals surface area contributed by atoms with Gasteiger partial charge in [0.1, 0.15) is 0 Å². The third-order valence-corrected chi connectivity index (χ3v) is 1.67. The lowest BCUT2D eigenvalue weighted by Gasteiger charge is -2.07. The molecule has 0 bridgehead atoms. The van der Waals surface area contributed by atoms with Crippen LogP contribution in [0.2, 0.25) is 0 Å². The van der Waals surface area contributed by atoms with Crippen LogP contribution in [0.15, 0.2) is 12.7 Å². The highest BCUT2D eigenvalue weighted by atomic mass is 16.1. The Labute approximate surface area is 74.0 Å². The fourth-order valence-electron chi connectivity index (χ4n) is 0.837. The van der Waals surface area contributed by atoms with Crippen LogP contribution in [0.4, 0.5) is 0 Å². The van der Waals surface area contributed by atoms with Crippen molar-refractivity contribution in [2.45, 2.75) is 32.2 Å². The number of primary amides is 1. The van der Waals surface area contributed by atoms with Gasteiger partial charge in [0, 0.05) is 12.5 Å². The van der Waals surface area contributed by atoms with Gasteiger partial charge in [-0.15, -0.1) is 6.58 Å². The van der Waals surface area contributed by atoms with Crippen LogP contribution in [-0.4, -0.2) is 18.5 Å². The highest BCUT2D eigenvalue weighted by Gasteiger charge is 1.95. The zero-order valence-electron chi connectivity index (χ0n) is 7.68. The zero-order valence-corrected chi connectivity index (χ0v) is 7.68. The molecule has 70 valence electrons. The van der Waals surface area contributed by atoms with Gasteiger partial charge in [-0.05, 0) is 26.3 Å². The highest BCUT2D eigenvalue weighted by molar-refractivity contribution is 5.73. The summed E-state index contributed by atoms with van der Waals surface area (Å²) in [5.74, 6) is -0.216. The normalized spacial score (nSPS) is 12.4. The molecule has 0 radical (unpaired) electrons. The van der Waals surface area contributed by atoms with Gasteiger partial charge in [0.2, 0.25) is 5.91 Å². The smallest absolute Gasteiger partial charge is 0.217 e. The van der Waals surface area contributed by atoms with Gasteiger partial charge in [-0.3, -0.25) is 4.79 Å². The van der Waals surface area contributed by atoms with Crippen molar-refractivity contribution in [3.05, 3.63) is 12.7 Å². The molecule has 0 aromatic heterocycles. The van der Waals surface area contributed by atoms with E-state index in [1.54, 1.807) is 0 Å². The second-order valence-corrected chi connectivity index (χ2v) is 2.90. The Bertz CT molecular complexity index is 145. The number of nitrogens with one attached hydrogen (secondary N) is 1. The van der Waals surface area contributed by atoms with Gasteiger partial charge in [-0.2, -0.15) is 0 Å². The van der Waals surface area contributed by atoms with E-state index in [1.165, 1.54) is 0 Å². The largest absolute Gasteiger partial charge is 0.370 e. The van der Waals surface area contributed by atoms with Gasteiger partial charge in [-0.25, -0.2) is 0 Å². The lowest BCUT2D eigenvalue weighted by Crippen LogP contribution is -2.24. The first-order valence-electron chi connectivity index (χ1n) is 4.31. The molecule has 1 unspecified atom stereocenters. The average Bonchev–Trinajstić information content (AvgIpc) is 2.03. The summed E-state index contributed by atoms with van der Waals surface area (Å²) in [6.45, 7) is 6.61. The third kappa shape index (κ3) is 7.28. The number of amides is 1. The van der Waals surface area contributed by atoms with Crippen LogP contribution in [0.5, 0.6) is 0 Å². The molecular weight excluding hydrogens is 152 g/mol. The molecule has 0 aliphatic heterocycles. The molecule has 0 spiro atoms. The van der Waals surface area contributed by atoms with E-state index in [-0.39, 0.29) is 5.91 Å². The van der Waals surface area contributed by atoms with Crippen LogP contribution in [0.3, 0.4) is 0 Å². The maximum atomic E-state index is 10.3. The van der Waals surface area contributed by atoms with E-state index in [2.05, 4.69) is 11.9 Å². The SMILES string of the molecule is C=CC(C)NCCCCC(N)=O. The Morgan fingerprint density at radius 2 is 2.33 bits per heavy atom. The predicted octanol–water partition coefficient (Wildman–Crippen LogP) is 0.806. The minimum absolute atomic E-state index is 0.216. The monoisotopic (exact) mass is 170 g/mol. The first-order chi connectivity index (χ1) is 5.66. The first-order valence-corrected chi connectivity index (χ1v) is 4.31. The Morgan fingerprint density at radius 3 is 2.83 bits per heavy atom. The number of nitrogens with two attached hydrogens (primary N) is 1. The van der Waals surface area contributed by atoms with Crippen LogP contribution >= 0.6 is 0 Å². The molecule has 1 amide bonds. The zero-order chi connectivity index (χ0) is 9.40. The molecule has 0 aromatic carbocycles. The van der Waals surface area contributed by atoms with E-state index in [0.717, 1.165) is 19.4 Å². The van der Waals surface area contributed by atoms with Crippen molar-refractivity contribution in [3.8, 4) is 0 Å². The molecule has 3 nitrogen and oxygen atoms in total. The first kappa shape index (κ1) is 11.2. The van der Waals surface area contributed by atoms with Gasteiger partial charge in [0.05, 0.1) is 0 Å². The van der Waals surface area contributed by atoms with Crippen LogP contribution in [-0.2, 0) is 4.79 Å². The quantitative estimate of drug-likeness (QED) is 0.439. The Hall–Kier alpha value is -0.830. The average molecular weight is 170 g/mol. The number of carbonyl (C=O) groups excluding carboxylic acids is 1. The molecule has 12 heavy (non-hydrogen) atoms. The molecule has 0 saturated carbocycles. The number of unbranched alkanes of at least 4 members (excludes halogenated alkanes) is 1. The molecule has 3 heteroatoms. The topological polar surface area (TPSA) is 55.1 Å². The van der Waals surface area contributed by atoms with Crippen molar-refractivity contribution in [2.24, 2.45) is 5.73 Å². The minimum Gasteiger partial charge on any atom is -0.370 e. The fourth-order valence-corrected chi connectivity index (χ4v) is 0.837. The standard InChI is InChI=1S/C9H18N2O/c1-3-8(2)11-7-5-4-6-9(10)12/h3,8,11H,1,4-7H2,2H3,(H2,10,12). The van der Waals surface area contributed by atoms with Crippen molar-refractivity contribution in [2.75, 3.05) is 6.54 Å². The summed E-state index contributed by atoms with van der Waals surface area (Å²) in [5, 5.41) is 3.24. The maximum Gasteiger partial charge on any atom is 0.217 e. The summed E-state index contributed by atoms with van der Waals surface area (Å²) in [4.78, 5) is 10.3. The van der Waals surface area contributed by atoms with E-state index in [9.17, 15) is 4.79 Å². The molecule has 1 atom stereocenters. The number of carbonyl (C=O) groups is 1. The number of hydrogen-bond donors (Lipinski definition) is 2. The summed E-state index contributed by atoms with van der Waals surface area (Å²) < 4.78 is 0. The van der Waals surface area contributed by atoms with Gasteiger partial charge in [0.25, 0.3) is 0 Å². The van der Waals surface area contributed by atoms with Crippen molar-refractivity contribution >= 4 is 5.91 Å². The highest BCUT2D eigenvalue weighted by Crippen LogP contribution is 1.93. The van der Waals surface area contributed by atoms with Crippen molar-refractivity contribution in [3.63, 3.8) is 0 Å². The van der Waals surface area contributed by atoms with E-state index >= 15 is 0 Å². The Morgan fingerprint density at radius 1 is 1.67 bits per heavy atom. The summed E-state index contributed by atoms with van der Waals surface area (Å²) in [5.41, 5.74) is 4.99. The number of rotatable bonds is 7. The van der Waals surface area contributed by atoms with Gasteiger partial charge < -0.3 is 11.1 Å². The van der Waals surface area contributed by atoms with Crippen LogP contribution in [0.1, 0.15) is 26.2 Å². The third-order valence-electron chi connectivity index (χ3n) is 1.67. The second kappa shape index (κ2) is 6.85. The number of hydrogen-bond acceptors (Lipinski definition) is 2. The minimum atomic E-state index is -0.216. The van der Waals surface area contributed by atoms with E-state index in [1.807, 2.05) is 13.0 Å². The second-order valence-electron chi connectivity index (χ2n) is 2.90. The molecular formula is C9H18N2O. The molecule has 0 fully saturated rings. The van der Waals surface area contributed by atoms with E-state index < -0.39 is 0 Å². The Balaban J connectivity index is 3.10. The summed E-state index contributed by atoms with van der Waals surface area (Å²) in [6.07, 6.45) is 4.20. The van der Waals surface area contributed by atoms with Crippen molar-refractivity contribution in [1.82, 2.24) is 5.32 Å². The molecule has 0 heterocycles. The maximum absolute atomic E-state index is 10.3. The van der Waals surface area contributed by atoms with E-state index in [0.29, 0.717) is 12.5 Å². The molecule has 0 aliphatic rings. The molecule has 0 saturated heterocycles. The van der Waals surface area contributed by atoms with Crippen LogP contribution < -0.4 is 11.1 Å². The summed E-state index contributed by atoms with van der Waals surface area (Å²) in [7, 11) is 0. The fraction of sp³-hybridized carbons (Fsp3) is 0.667. The summed E-state index contributed by atoms with van der Waals surface area (Å²) in [6, 6.07) is 0.346. The van der Waals surface area contributed by atoms with Gasteiger partial charge >= 0.3 is 0 Å². The summed E-state index contributed by atoms with van der Waals surface area (Å²) >= 11 is 0. The Kier molecular flexibility index (Phi) is 6.38. The molecule has 0 aliphatic carbocycles. The lowest BCUT2D eigenvalue weighted by molar-refractivity contribution is -0.118. The van der Waals surface area contributed by atoms with Gasteiger partial charge in [-0.1, -0.05) is 6.08 Å². The van der Waals surface area contributed by atoms with Crippen LogP contribution in [0.25, 0.3) is 0 Å². The van der Waals surface area contributed by atoms with Crippen molar-refractivity contribution in [1.29, 1.82) is 0 Å². The van der Waals surface area contributed by atoms with Gasteiger partial charge in [0.15, 0.2) is 0 Å². The van der Waals surface area contributed by atoms with Crippen LogP contribution in [0, 0.1) is 0 Å². The molecule has 0 aromatic rings.